The van der Waals surface area contributed by atoms with E-state index in [1.54, 1.807) is 21.0 Å². The molecule has 24 heavy (non-hydrogen) atoms. The van der Waals surface area contributed by atoms with Crippen LogP contribution in [0.5, 0.6) is 0 Å². The van der Waals surface area contributed by atoms with E-state index < -0.39 is 17.9 Å². The first-order chi connectivity index (χ1) is 11.3. The lowest BCUT2D eigenvalue weighted by Crippen LogP contribution is -2.33. The number of methoxy groups -OCH3 is 2. The molecule has 0 aromatic carbocycles. The van der Waals surface area contributed by atoms with Gasteiger partial charge in [-0.15, -0.1) is 0 Å². The molecule has 5 nitrogen and oxygen atoms in total. The van der Waals surface area contributed by atoms with Crippen molar-refractivity contribution in [2.75, 3.05) is 14.2 Å². The second kappa shape index (κ2) is 12.9. The van der Waals surface area contributed by atoms with Gasteiger partial charge in [0.05, 0.1) is 13.2 Å². The fraction of sp³-hybridized carbons (Fsp3) is 0.684. The van der Waals surface area contributed by atoms with E-state index in [-0.39, 0.29) is 18.6 Å². The van der Waals surface area contributed by atoms with Gasteiger partial charge >= 0.3 is 5.97 Å². The molecule has 0 aliphatic carbocycles. The number of carbonyl (C=O) groups is 2. The summed E-state index contributed by atoms with van der Waals surface area (Å²) >= 11 is 0. The van der Waals surface area contributed by atoms with Crippen LogP contribution >= 0.6 is 0 Å². The number of Topliss-reactive ketones (excluding diaryl/α,β-unsaturated/α-hetero) is 1. The maximum Gasteiger partial charge on any atom is 0.313 e. The Morgan fingerprint density at radius 1 is 1.12 bits per heavy atom. The van der Waals surface area contributed by atoms with Gasteiger partial charge in [-0.05, 0) is 26.7 Å². The average molecular weight is 340 g/mol. The van der Waals surface area contributed by atoms with Crippen LogP contribution in [0, 0.1) is 0 Å². The minimum atomic E-state index is -0.814. The zero-order valence-electron chi connectivity index (χ0n) is 15.7. The largest absolute Gasteiger partial charge is 0.469 e. The summed E-state index contributed by atoms with van der Waals surface area (Å²) in [6.45, 7) is 5.73. The highest BCUT2D eigenvalue weighted by atomic mass is 16.7. The summed E-state index contributed by atoms with van der Waals surface area (Å²) in [5.74, 6) is -1.58. The van der Waals surface area contributed by atoms with Crippen LogP contribution in [0.3, 0.4) is 0 Å². The molecule has 0 amide bonds. The first-order valence-corrected chi connectivity index (χ1v) is 8.49. The molecule has 0 N–H and O–H groups in total. The van der Waals surface area contributed by atoms with Crippen LogP contribution in [0.4, 0.5) is 0 Å². The Hall–Kier alpha value is -1.46. The lowest BCUT2D eigenvalue weighted by Gasteiger charge is -2.27. The molecular weight excluding hydrogens is 308 g/mol. The van der Waals surface area contributed by atoms with Gasteiger partial charge in [-0.1, -0.05) is 44.1 Å². The van der Waals surface area contributed by atoms with Crippen LogP contribution in [-0.4, -0.2) is 37.9 Å². The van der Waals surface area contributed by atoms with Crippen molar-refractivity contribution in [3.05, 3.63) is 24.3 Å². The van der Waals surface area contributed by atoms with E-state index >= 15 is 0 Å². The number of ether oxygens (including phenoxy) is 3. The van der Waals surface area contributed by atoms with E-state index in [4.69, 9.17) is 9.47 Å². The minimum absolute atomic E-state index is 0.0993. The summed E-state index contributed by atoms with van der Waals surface area (Å²) in [5, 5.41) is 0. The van der Waals surface area contributed by atoms with Gasteiger partial charge in [0.15, 0.2) is 5.79 Å². The SMILES string of the molecule is CCCCC/C=C/C=C/C(CC(=O)CC(=O)OC)OC(C)(C)OC. The van der Waals surface area contributed by atoms with Gasteiger partial charge in [0.25, 0.3) is 0 Å². The Bertz CT molecular complexity index is 423. The molecule has 0 aliphatic rings. The van der Waals surface area contributed by atoms with Crippen LogP contribution in [0.1, 0.15) is 59.3 Å². The molecule has 0 aromatic rings. The summed E-state index contributed by atoms with van der Waals surface area (Å²) in [7, 11) is 2.81. The molecule has 0 rings (SSSR count). The van der Waals surface area contributed by atoms with Gasteiger partial charge in [-0.25, -0.2) is 0 Å². The molecule has 0 heterocycles. The molecule has 0 saturated carbocycles. The molecule has 1 atom stereocenters. The molecule has 0 radical (unpaired) electrons. The number of allylic oxidation sites excluding steroid dienone is 3. The van der Waals surface area contributed by atoms with Crippen molar-refractivity contribution in [1.82, 2.24) is 0 Å². The van der Waals surface area contributed by atoms with E-state index in [9.17, 15) is 9.59 Å². The van der Waals surface area contributed by atoms with E-state index in [1.165, 1.54) is 26.4 Å². The van der Waals surface area contributed by atoms with Crippen molar-refractivity contribution >= 4 is 11.8 Å². The van der Waals surface area contributed by atoms with Crippen molar-refractivity contribution in [2.45, 2.75) is 71.2 Å². The Morgan fingerprint density at radius 2 is 1.83 bits per heavy atom. The van der Waals surface area contributed by atoms with Crippen LogP contribution in [0.25, 0.3) is 0 Å². The van der Waals surface area contributed by atoms with E-state index in [0.29, 0.717) is 0 Å². The number of hydrogen-bond acceptors (Lipinski definition) is 5. The van der Waals surface area contributed by atoms with E-state index in [0.717, 1.165) is 6.42 Å². The lowest BCUT2D eigenvalue weighted by molar-refractivity contribution is -0.214. The third kappa shape index (κ3) is 12.0. The smallest absolute Gasteiger partial charge is 0.313 e. The molecule has 0 fully saturated rings. The number of esters is 1. The molecule has 0 bridgehead atoms. The summed E-state index contributed by atoms with van der Waals surface area (Å²) in [6, 6.07) is 0. The van der Waals surface area contributed by atoms with Crippen molar-refractivity contribution in [2.24, 2.45) is 0 Å². The fourth-order valence-electron chi connectivity index (χ4n) is 1.97. The summed E-state index contributed by atoms with van der Waals surface area (Å²) in [5.41, 5.74) is 0. The zero-order chi connectivity index (χ0) is 18.4. The topological polar surface area (TPSA) is 61.8 Å². The molecule has 5 heteroatoms. The first kappa shape index (κ1) is 22.5. The van der Waals surface area contributed by atoms with Crippen molar-refractivity contribution in [1.29, 1.82) is 0 Å². The average Bonchev–Trinajstić information content (AvgIpc) is 2.53. The van der Waals surface area contributed by atoms with Crippen LogP contribution in [0.15, 0.2) is 24.3 Å². The maximum absolute atomic E-state index is 11.9. The highest BCUT2D eigenvalue weighted by Gasteiger charge is 2.24. The van der Waals surface area contributed by atoms with Crippen molar-refractivity contribution in [3.8, 4) is 0 Å². The van der Waals surface area contributed by atoms with Gasteiger partial charge in [0, 0.05) is 13.5 Å². The fourth-order valence-corrected chi connectivity index (χ4v) is 1.97. The van der Waals surface area contributed by atoms with Gasteiger partial charge in [0.2, 0.25) is 0 Å². The number of rotatable bonds is 13. The monoisotopic (exact) mass is 340 g/mol. The van der Waals surface area contributed by atoms with Crippen LogP contribution < -0.4 is 0 Å². The third-order valence-corrected chi connectivity index (χ3v) is 3.47. The second-order valence-electron chi connectivity index (χ2n) is 6.06. The molecule has 138 valence electrons. The number of hydrogen-bond donors (Lipinski definition) is 0. The summed E-state index contributed by atoms with van der Waals surface area (Å²) in [6.07, 6.45) is 11.8. The number of unbranched alkanes of at least 4 members (excludes halogenated alkanes) is 3. The Kier molecular flexibility index (Phi) is 12.1. The number of ketones is 1. The maximum atomic E-state index is 11.9. The molecule has 0 aliphatic heterocycles. The highest BCUT2D eigenvalue weighted by Crippen LogP contribution is 2.17. The molecule has 1 unspecified atom stereocenters. The predicted molar refractivity (Wildman–Crippen MR) is 94.6 cm³/mol. The summed E-state index contributed by atoms with van der Waals surface area (Å²) < 4.78 is 15.6. The Labute approximate surface area is 146 Å². The normalized spacial score (nSPS) is 13.5. The molecular formula is C19H32O5. The Morgan fingerprint density at radius 3 is 2.42 bits per heavy atom. The quantitative estimate of drug-likeness (QED) is 0.167. The van der Waals surface area contributed by atoms with Gasteiger partial charge in [0.1, 0.15) is 12.2 Å². The van der Waals surface area contributed by atoms with Crippen molar-refractivity contribution in [3.63, 3.8) is 0 Å². The molecule has 0 aromatic heterocycles. The molecule has 0 saturated heterocycles. The summed E-state index contributed by atoms with van der Waals surface area (Å²) in [4.78, 5) is 23.1. The van der Waals surface area contributed by atoms with Crippen LogP contribution in [-0.2, 0) is 23.8 Å². The first-order valence-electron chi connectivity index (χ1n) is 8.49. The van der Waals surface area contributed by atoms with Crippen LogP contribution in [0.2, 0.25) is 0 Å². The second-order valence-corrected chi connectivity index (χ2v) is 6.06. The standard InChI is InChI=1S/C19H32O5/c1-6-7-8-9-10-11-12-13-17(24-19(2,3)23-5)14-16(20)15-18(21)22-4/h10-13,17H,6-9,14-15H2,1-5H3/b11-10+,13-12+. The van der Waals surface area contributed by atoms with Crippen molar-refractivity contribution < 1.29 is 23.8 Å². The van der Waals surface area contributed by atoms with E-state index in [1.807, 2.05) is 18.2 Å². The molecule has 0 spiro atoms. The highest BCUT2D eigenvalue weighted by molar-refractivity contribution is 5.95. The number of carbonyl (C=O) groups excluding carboxylic acids is 2. The van der Waals surface area contributed by atoms with Gasteiger partial charge in [-0.3, -0.25) is 9.59 Å². The zero-order valence-corrected chi connectivity index (χ0v) is 15.7. The Balaban J connectivity index is 4.63. The van der Waals surface area contributed by atoms with E-state index in [2.05, 4.69) is 17.7 Å². The third-order valence-electron chi connectivity index (χ3n) is 3.47. The van der Waals surface area contributed by atoms with Gasteiger partial charge < -0.3 is 14.2 Å². The minimum Gasteiger partial charge on any atom is -0.469 e. The van der Waals surface area contributed by atoms with Gasteiger partial charge in [-0.2, -0.15) is 0 Å². The lowest BCUT2D eigenvalue weighted by atomic mass is 10.1. The predicted octanol–water partition coefficient (Wildman–Crippen LogP) is 3.97.